The summed E-state index contributed by atoms with van der Waals surface area (Å²) in [6.45, 7) is 0. The standard InChI is InChI=1S/C11H14N4O3/c12-11-8-7(14-3-15-11)5(2-13-8)4-1-6(16)10(18)9(4)17/h2-4,6,9-10,13,16-18H,1H2,(H2,12,14,15)/t4-,6-,9-,10+/m0/s1. The van der Waals surface area contributed by atoms with Crippen LogP contribution in [0.2, 0.25) is 0 Å². The van der Waals surface area contributed by atoms with Gasteiger partial charge in [-0.3, -0.25) is 0 Å². The summed E-state index contributed by atoms with van der Waals surface area (Å²) in [5.41, 5.74) is 7.68. The molecule has 0 aliphatic heterocycles. The molecule has 1 saturated carbocycles. The Morgan fingerprint density at radius 3 is 2.67 bits per heavy atom. The van der Waals surface area contributed by atoms with Crippen molar-refractivity contribution in [3.05, 3.63) is 18.1 Å². The predicted octanol–water partition coefficient (Wildman–Crippen LogP) is -0.890. The molecule has 0 spiro atoms. The first kappa shape index (κ1) is 11.4. The maximum atomic E-state index is 9.93. The van der Waals surface area contributed by atoms with Gasteiger partial charge in [0.2, 0.25) is 0 Å². The number of rotatable bonds is 1. The van der Waals surface area contributed by atoms with E-state index in [9.17, 15) is 15.3 Å². The molecular weight excluding hydrogens is 236 g/mol. The van der Waals surface area contributed by atoms with Crippen LogP contribution in [-0.2, 0) is 0 Å². The fraction of sp³-hybridized carbons (Fsp3) is 0.455. The lowest BCUT2D eigenvalue weighted by Gasteiger charge is -2.15. The van der Waals surface area contributed by atoms with Gasteiger partial charge in [-0.15, -0.1) is 0 Å². The number of hydrogen-bond donors (Lipinski definition) is 5. The first-order valence-electron chi connectivity index (χ1n) is 5.71. The lowest BCUT2D eigenvalue weighted by Crippen LogP contribution is -2.29. The molecule has 2 aromatic rings. The summed E-state index contributed by atoms with van der Waals surface area (Å²) < 4.78 is 0. The molecule has 96 valence electrons. The van der Waals surface area contributed by atoms with Gasteiger partial charge < -0.3 is 26.0 Å². The van der Waals surface area contributed by atoms with Crippen LogP contribution in [0.25, 0.3) is 11.0 Å². The second kappa shape index (κ2) is 3.91. The van der Waals surface area contributed by atoms with Crippen molar-refractivity contribution in [2.24, 2.45) is 0 Å². The number of aromatic nitrogens is 3. The van der Waals surface area contributed by atoms with E-state index in [1.807, 2.05) is 0 Å². The number of fused-ring (bicyclic) bond motifs is 1. The lowest BCUT2D eigenvalue weighted by atomic mass is 9.97. The summed E-state index contributed by atoms with van der Waals surface area (Å²) in [5.74, 6) is -0.0297. The highest BCUT2D eigenvalue weighted by Crippen LogP contribution is 2.38. The Labute approximate surface area is 102 Å². The minimum Gasteiger partial charge on any atom is -0.390 e. The van der Waals surface area contributed by atoms with Crippen LogP contribution in [-0.4, -0.2) is 48.6 Å². The Bertz CT molecular complexity index is 585. The summed E-state index contributed by atoms with van der Waals surface area (Å²) >= 11 is 0. The minimum atomic E-state index is -1.13. The maximum Gasteiger partial charge on any atom is 0.151 e. The number of nitrogen functional groups attached to an aromatic ring is 1. The van der Waals surface area contributed by atoms with Gasteiger partial charge in [0.25, 0.3) is 0 Å². The van der Waals surface area contributed by atoms with Crippen molar-refractivity contribution >= 4 is 16.9 Å². The number of aromatic amines is 1. The number of aliphatic hydroxyl groups is 3. The van der Waals surface area contributed by atoms with Crippen LogP contribution in [0.3, 0.4) is 0 Å². The van der Waals surface area contributed by atoms with Gasteiger partial charge in [-0.05, 0) is 6.42 Å². The monoisotopic (exact) mass is 250 g/mol. The van der Waals surface area contributed by atoms with E-state index in [-0.39, 0.29) is 5.92 Å². The number of anilines is 1. The van der Waals surface area contributed by atoms with E-state index in [4.69, 9.17) is 5.73 Å². The third-order valence-electron chi connectivity index (χ3n) is 3.57. The summed E-state index contributed by atoms with van der Waals surface area (Å²) in [6, 6.07) is 0. The van der Waals surface area contributed by atoms with Crippen LogP contribution in [0, 0.1) is 0 Å². The van der Waals surface area contributed by atoms with Crippen molar-refractivity contribution in [3.8, 4) is 0 Å². The normalized spacial score (nSPS) is 32.2. The highest BCUT2D eigenvalue weighted by molar-refractivity contribution is 5.87. The second-order valence-corrected chi connectivity index (χ2v) is 4.62. The van der Waals surface area contributed by atoms with Crippen LogP contribution in [0.15, 0.2) is 12.5 Å². The molecule has 4 atom stereocenters. The molecule has 1 aliphatic carbocycles. The zero-order valence-electron chi connectivity index (χ0n) is 9.48. The topological polar surface area (TPSA) is 128 Å². The Morgan fingerprint density at radius 1 is 1.22 bits per heavy atom. The Kier molecular flexibility index (Phi) is 2.47. The molecule has 0 radical (unpaired) electrons. The van der Waals surface area contributed by atoms with Crippen molar-refractivity contribution in [2.75, 3.05) is 5.73 Å². The quantitative estimate of drug-likeness (QED) is 0.446. The van der Waals surface area contributed by atoms with Crippen molar-refractivity contribution in [1.29, 1.82) is 0 Å². The molecule has 1 aliphatic rings. The van der Waals surface area contributed by atoms with Gasteiger partial charge in [-0.2, -0.15) is 0 Å². The molecule has 0 aromatic carbocycles. The van der Waals surface area contributed by atoms with Gasteiger partial charge in [0.15, 0.2) is 5.82 Å². The third-order valence-corrected chi connectivity index (χ3v) is 3.57. The van der Waals surface area contributed by atoms with E-state index >= 15 is 0 Å². The first-order valence-corrected chi connectivity index (χ1v) is 5.71. The maximum absolute atomic E-state index is 9.93. The SMILES string of the molecule is Nc1ncnc2c([C@@H]3C[C@H](O)[C@@H](O)[C@H]3O)c[nH]c12. The lowest BCUT2D eigenvalue weighted by molar-refractivity contribution is -0.0208. The minimum absolute atomic E-state index is 0.291. The predicted molar refractivity (Wildman–Crippen MR) is 63.7 cm³/mol. The van der Waals surface area contributed by atoms with E-state index in [0.29, 0.717) is 23.3 Å². The molecule has 6 N–H and O–H groups in total. The smallest absolute Gasteiger partial charge is 0.151 e. The molecule has 1 fully saturated rings. The molecule has 3 rings (SSSR count). The van der Waals surface area contributed by atoms with E-state index in [0.717, 1.165) is 5.56 Å². The van der Waals surface area contributed by atoms with E-state index in [1.54, 1.807) is 6.20 Å². The molecular formula is C11H14N4O3. The van der Waals surface area contributed by atoms with E-state index < -0.39 is 18.3 Å². The van der Waals surface area contributed by atoms with Gasteiger partial charge in [-0.1, -0.05) is 0 Å². The summed E-state index contributed by atoms with van der Waals surface area (Å²) in [6.07, 6.45) is 0.278. The van der Waals surface area contributed by atoms with Crippen LogP contribution in [0.4, 0.5) is 5.82 Å². The largest absolute Gasteiger partial charge is 0.390 e. The molecule has 7 heteroatoms. The fourth-order valence-corrected chi connectivity index (χ4v) is 2.58. The zero-order chi connectivity index (χ0) is 12.9. The molecule has 0 saturated heterocycles. The zero-order valence-corrected chi connectivity index (χ0v) is 9.48. The Balaban J connectivity index is 2.08. The Morgan fingerprint density at radius 2 is 2.00 bits per heavy atom. The van der Waals surface area contributed by atoms with Crippen molar-refractivity contribution in [2.45, 2.75) is 30.7 Å². The fourth-order valence-electron chi connectivity index (χ4n) is 2.58. The van der Waals surface area contributed by atoms with Crippen LogP contribution in [0.1, 0.15) is 17.9 Å². The summed E-state index contributed by atoms with van der Waals surface area (Å²) in [7, 11) is 0. The molecule has 2 aromatic heterocycles. The van der Waals surface area contributed by atoms with E-state index in [2.05, 4.69) is 15.0 Å². The number of nitrogens with two attached hydrogens (primary N) is 1. The number of H-pyrrole nitrogens is 1. The second-order valence-electron chi connectivity index (χ2n) is 4.62. The van der Waals surface area contributed by atoms with Crippen LogP contribution in [0.5, 0.6) is 0 Å². The molecule has 0 amide bonds. The van der Waals surface area contributed by atoms with Gasteiger partial charge >= 0.3 is 0 Å². The average molecular weight is 250 g/mol. The van der Waals surface area contributed by atoms with Crippen LogP contribution < -0.4 is 5.73 Å². The van der Waals surface area contributed by atoms with Gasteiger partial charge in [0.1, 0.15) is 17.9 Å². The van der Waals surface area contributed by atoms with Gasteiger partial charge in [0.05, 0.1) is 17.7 Å². The number of nitrogens with one attached hydrogen (secondary N) is 1. The van der Waals surface area contributed by atoms with Crippen molar-refractivity contribution < 1.29 is 15.3 Å². The van der Waals surface area contributed by atoms with E-state index in [1.165, 1.54) is 6.33 Å². The number of nitrogens with zero attached hydrogens (tertiary/aromatic N) is 2. The highest BCUT2D eigenvalue weighted by Gasteiger charge is 2.42. The molecule has 0 bridgehead atoms. The summed E-state index contributed by atoms with van der Waals surface area (Å²) in [4.78, 5) is 11.0. The molecule has 0 unspecified atom stereocenters. The van der Waals surface area contributed by atoms with Gasteiger partial charge in [0, 0.05) is 17.7 Å². The molecule has 7 nitrogen and oxygen atoms in total. The molecule has 18 heavy (non-hydrogen) atoms. The molecule has 2 heterocycles. The average Bonchev–Trinajstić information content (AvgIpc) is 2.88. The third kappa shape index (κ3) is 1.48. The Hall–Kier alpha value is -1.70. The first-order chi connectivity index (χ1) is 8.59. The van der Waals surface area contributed by atoms with Gasteiger partial charge in [-0.25, -0.2) is 9.97 Å². The highest BCUT2D eigenvalue weighted by atomic mass is 16.4. The van der Waals surface area contributed by atoms with Crippen molar-refractivity contribution in [1.82, 2.24) is 15.0 Å². The van der Waals surface area contributed by atoms with Crippen LogP contribution >= 0.6 is 0 Å². The number of aliphatic hydroxyl groups excluding tert-OH is 3. The number of hydrogen-bond acceptors (Lipinski definition) is 6. The summed E-state index contributed by atoms with van der Waals surface area (Å²) in [5, 5.41) is 29.1. The van der Waals surface area contributed by atoms with Crippen molar-refractivity contribution in [3.63, 3.8) is 0 Å².